The summed E-state index contributed by atoms with van der Waals surface area (Å²) in [4.78, 5) is 15.3. The number of fused-ring (bicyclic) bond motifs is 3. The summed E-state index contributed by atoms with van der Waals surface area (Å²) in [5.41, 5.74) is 5.31. The molecule has 3 heterocycles. The van der Waals surface area contributed by atoms with Gasteiger partial charge in [0.1, 0.15) is 0 Å². The highest BCUT2D eigenvalue weighted by Crippen LogP contribution is 2.43. The van der Waals surface area contributed by atoms with Gasteiger partial charge in [0, 0.05) is 30.6 Å². The highest BCUT2D eigenvalue weighted by atomic mass is 16.2. The molecule has 3 atom stereocenters. The fourth-order valence-corrected chi connectivity index (χ4v) is 5.69. The number of piperidine rings is 1. The van der Waals surface area contributed by atoms with Crippen LogP contribution in [-0.4, -0.2) is 33.1 Å². The van der Waals surface area contributed by atoms with E-state index in [1.807, 2.05) is 0 Å². The van der Waals surface area contributed by atoms with Gasteiger partial charge in [0.2, 0.25) is 5.91 Å². The van der Waals surface area contributed by atoms with Crippen molar-refractivity contribution in [2.45, 2.75) is 82.2 Å². The van der Waals surface area contributed by atoms with Crippen molar-refractivity contribution in [3.05, 3.63) is 52.8 Å². The fourth-order valence-electron chi connectivity index (χ4n) is 5.69. The van der Waals surface area contributed by atoms with Gasteiger partial charge in [-0.1, -0.05) is 30.3 Å². The maximum absolute atomic E-state index is 13.1. The van der Waals surface area contributed by atoms with Crippen LogP contribution in [0.2, 0.25) is 0 Å². The molecule has 1 amide bonds. The van der Waals surface area contributed by atoms with E-state index in [-0.39, 0.29) is 0 Å². The van der Waals surface area contributed by atoms with Crippen LogP contribution in [0.3, 0.4) is 0 Å². The number of nitrogens with zero attached hydrogens (tertiary/aromatic N) is 2. The van der Waals surface area contributed by atoms with Crippen LogP contribution in [0.5, 0.6) is 0 Å². The smallest absolute Gasteiger partial charge is 0.223 e. The van der Waals surface area contributed by atoms with Crippen LogP contribution in [0.1, 0.15) is 73.4 Å². The normalized spacial score (nSPS) is 26.8. The zero-order valence-corrected chi connectivity index (χ0v) is 16.0. The second kappa shape index (κ2) is 7.14. The van der Waals surface area contributed by atoms with Gasteiger partial charge in [-0.3, -0.25) is 9.89 Å². The second-order valence-corrected chi connectivity index (χ2v) is 8.60. The van der Waals surface area contributed by atoms with Crippen molar-refractivity contribution in [2.24, 2.45) is 0 Å². The van der Waals surface area contributed by atoms with Gasteiger partial charge < -0.3 is 4.90 Å². The van der Waals surface area contributed by atoms with Gasteiger partial charge in [-0.15, -0.1) is 0 Å². The number of H-pyrrole nitrogens is 1. The highest BCUT2D eigenvalue weighted by molar-refractivity contribution is 5.77. The maximum Gasteiger partial charge on any atom is 0.223 e. The molecule has 0 saturated carbocycles. The molecule has 1 aromatic heterocycles. The van der Waals surface area contributed by atoms with Gasteiger partial charge in [0.05, 0.1) is 5.69 Å². The first kappa shape index (κ1) is 17.0. The molecule has 2 bridgehead atoms. The Morgan fingerprint density at radius 1 is 1.07 bits per heavy atom. The van der Waals surface area contributed by atoms with Crippen molar-refractivity contribution >= 4 is 5.91 Å². The number of amides is 1. The van der Waals surface area contributed by atoms with E-state index in [1.165, 1.54) is 42.5 Å². The molecule has 1 aromatic carbocycles. The van der Waals surface area contributed by atoms with Crippen LogP contribution in [0.15, 0.2) is 30.3 Å². The topological polar surface area (TPSA) is 49.0 Å². The van der Waals surface area contributed by atoms with Crippen LogP contribution >= 0.6 is 0 Å². The molecule has 1 unspecified atom stereocenters. The third kappa shape index (κ3) is 3.19. The molecule has 2 aromatic rings. The molecule has 27 heavy (non-hydrogen) atoms. The lowest BCUT2D eigenvalue weighted by atomic mass is 9.85. The molecular formula is C23H29N3O. The molecule has 1 aliphatic carbocycles. The van der Waals surface area contributed by atoms with Gasteiger partial charge in [-0.25, -0.2) is 0 Å². The van der Waals surface area contributed by atoms with Crippen LogP contribution in [-0.2, 0) is 24.1 Å². The molecule has 0 radical (unpaired) electrons. The highest BCUT2D eigenvalue weighted by Gasteiger charge is 2.43. The van der Waals surface area contributed by atoms with E-state index in [0.29, 0.717) is 30.3 Å². The van der Waals surface area contributed by atoms with Gasteiger partial charge in [0.15, 0.2) is 0 Å². The Morgan fingerprint density at radius 3 is 2.59 bits per heavy atom. The van der Waals surface area contributed by atoms with Crippen molar-refractivity contribution in [3.8, 4) is 0 Å². The first-order valence-electron chi connectivity index (χ1n) is 10.7. The van der Waals surface area contributed by atoms with Crippen LogP contribution in [0.25, 0.3) is 0 Å². The Labute approximate surface area is 161 Å². The van der Waals surface area contributed by atoms with Crippen molar-refractivity contribution < 1.29 is 4.79 Å². The number of nitrogens with one attached hydrogen (secondary N) is 1. The van der Waals surface area contributed by atoms with Crippen LogP contribution in [0, 0.1) is 0 Å². The average Bonchev–Trinajstić information content (AvgIpc) is 3.25. The Morgan fingerprint density at radius 2 is 1.81 bits per heavy atom. The standard InChI is InChI=1S/C23H29N3O/c27-23(13-12-22-20-8-4-5-9-21(20)24-25-22)26-18-10-11-19(26)15-17(14-18)16-6-2-1-3-7-16/h1-3,6-7,17-19H,4-5,8-15H2,(H,24,25)/t17?,18-,19+. The first-order valence-corrected chi connectivity index (χ1v) is 10.7. The lowest BCUT2D eigenvalue weighted by Crippen LogP contribution is -2.46. The summed E-state index contributed by atoms with van der Waals surface area (Å²) in [6.45, 7) is 0. The third-order valence-electron chi connectivity index (χ3n) is 7.01. The lowest BCUT2D eigenvalue weighted by Gasteiger charge is -2.39. The maximum atomic E-state index is 13.1. The Kier molecular flexibility index (Phi) is 4.50. The molecule has 1 N–H and O–H groups in total. The number of benzene rings is 1. The molecule has 3 aliphatic rings. The number of carbonyl (C=O) groups is 1. The average molecular weight is 364 g/mol. The Balaban J connectivity index is 1.23. The molecule has 4 heteroatoms. The number of rotatable bonds is 4. The van der Waals surface area contributed by atoms with Crippen molar-refractivity contribution in [2.75, 3.05) is 0 Å². The summed E-state index contributed by atoms with van der Waals surface area (Å²) in [5.74, 6) is 0.965. The summed E-state index contributed by atoms with van der Waals surface area (Å²) in [6.07, 6.45) is 10.8. The quantitative estimate of drug-likeness (QED) is 0.887. The van der Waals surface area contributed by atoms with E-state index in [9.17, 15) is 4.79 Å². The minimum atomic E-state index is 0.349. The molecule has 0 spiro atoms. The van der Waals surface area contributed by atoms with E-state index in [4.69, 9.17) is 0 Å². The summed E-state index contributed by atoms with van der Waals surface area (Å²) in [5, 5.41) is 7.73. The number of aromatic amines is 1. The van der Waals surface area contributed by atoms with Crippen LogP contribution in [0.4, 0.5) is 0 Å². The monoisotopic (exact) mass is 363 g/mol. The predicted molar refractivity (Wildman–Crippen MR) is 106 cm³/mol. The second-order valence-electron chi connectivity index (χ2n) is 8.60. The summed E-state index contributed by atoms with van der Waals surface area (Å²) in [7, 11) is 0. The summed E-state index contributed by atoms with van der Waals surface area (Å²) < 4.78 is 0. The van der Waals surface area contributed by atoms with Crippen molar-refractivity contribution in [1.29, 1.82) is 0 Å². The van der Waals surface area contributed by atoms with E-state index in [0.717, 1.165) is 37.8 Å². The Hall–Kier alpha value is -2.10. The molecule has 2 fully saturated rings. The number of hydrogen-bond acceptors (Lipinski definition) is 2. The lowest BCUT2D eigenvalue weighted by molar-refractivity contribution is -0.135. The molecule has 2 aliphatic heterocycles. The minimum Gasteiger partial charge on any atom is -0.337 e. The summed E-state index contributed by atoms with van der Waals surface area (Å²) >= 11 is 0. The third-order valence-corrected chi connectivity index (χ3v) is 7.01. The number of hydrogen-bond donors (Lipinski definition) is 1. The number of aromatic nitrogens is 2. The van der Waals surface area contributed by atoms with Crippen molar-refractivity contribution in [3.63, 3.8) is 0 Å². The molecule has 5 rings (SSSR count). The molecule has 142 valence electrons. The van der Waals surface area contributed by atoms with E-state index >= 15 is 0 Å². The first-order chi connectivity index (χ1) is 13.3. The van der Waals surface area contributed by atoms with E-state index in [2.05, 4.69) is 45.4 Å². The predicted octanol–water partition coefficient (Wildman–Crippen LogP) is 4.16. The fraction of sp³-hybridized carbons (Fsp3) is 0.565. The molecular weight excluding hydrogens is 334 g/mol. The largest absolute Gasteiger partial charge is 0.337 e. The Bertz CT molecular complexity index is 798. The van der Waals surface area contributed by atoms with Gasteiger partial charge in [-0.2, -0.15) is 5.10 Å². The van der Waals surface area contributed by atoms with E-state index < -0.39 is 0 Å². The molecule has 4 nitrogen and oxygen atoms in total. The zero-order chi connectivity index (χ0) is 18.2. The SMILES string of the molecule is O=C(CCc1n[nH]c2c1CCCC2)N1[C@@H]2CC[C@H]1CC(c1ccccc1)C2. The van der Waals surface area contributed by atoms with Crippen LogP contribution < -0.4 is 0 Å². The molecule has 2 saturated heterocycles. The van der Waals surface area contributed by atoms with Crippen molar-refractivity contribution in [1.82, 2.24) is 15.1 Å². The summed E-state index contributed by atoms with van der Waals surface area (Å²) in [6, 6.07) is 11.7. The van der Waals surface area contributed by atoms with Gasteiger partial charge in [0.25, 0.3) is 0 Å². The minimum absolute atomic E-state index is 0.349. The van der Waals surface area contributed by atoms with E-state index in [1.54, 1.807) is 0 Å². The van der Waals surface area contributed by atoms with Gasteiger partial charge >= 0.3 is 0 Å². The van der Waals surface area contributed by atoms with Gasteiger partial charge in [-0.05, 0) is 68.4 Å². The number of aryl methyl sites for hydroxylation is 2. The zero-order valence-electron chi connectivity index (χ0n) is 16.0. The number of carbonyl (C=O) groups excluding carboxylic acids is 1.